The van der Waals surface area contributed by atoms with E-state index in [1.807, 2.05) is 6.92 Å². The lowest BCUT2D eigenvalue weighted by Gasteiger charge is -2.13. The van der Waals surface area contributed by atoms with Gasteiger partial charge in [-0.2, -0.15) is 0 Å². The zero-order valence-electron chi connectivity index (χ0n) is 11.2. The van der Waals surface area contributed by atoms with Crippen LogP contribution in [0.3, 0.4) is 0 Å². The molecule has 0 aliphatic rings. The molecule has 9 heteroatoms. The Hall–Kier alpha value is -1.22. The van der Waals surface area contributed by atoms with Crippen molar-refractivity contribution >= 4 is 38.6 Å². The third kappa shape index (κ3) is 3.52. The van der Waals surface area contributed by atoms with E-state index in [0.717, 1.165) is 17.0 Å². The van der Waals surface area contributed by atoms with Gasteiger partial charge in [0.25, 0.3) is 0 Å². The summed E-state index contributed by atoms with van der Waals surface area (Å²) in [6.07, 6.45) is 1.64. The molecule has 0 radical (unpaired) electrons. The summed E-state index contributed by atoms with van der Waals surface area (Å²) in [6.45, 7) is 3.49. The number of aromatic nitrogens is 1. The molecule has 0 saturated heterocycles. The smallest absolute Gasteiger partial charge is 0.244 e. The number of nitrogens with one attached hydrogen (secondary N) is 1. The molecule has 2 rings (SSSR count). The Balaban J connectivity index is 2.35. The van der Waals surface area contributed by atoms with Crippen LogP contribution in [-0.2, 0) is 10.0 Å². The van der Waals surface area contributed by atoms with Crippen LogP contribution in [0.5, 0.6) is 0 Å². The zero-order chi connectivity index (χ0) is 15.8. The number of sulfonamides is 1. The van der Waals surface area contributed by atoms with Gasteiger partial charge in [0.15, 0.2) is 5.82 Å². The first-order valence-corrected chi connectivity index (χ1v) is 8.57. The summed E-state index contributed by atoms with van der Waals surface area (Å²) in [5, 5.41) is 0.638. The standard InChI is InChI=1S/C12H13ClFN3O2S2/c1-6-5-16-12(20-6)7(2)17-21(18,19)10-4-8(13)3-9(15)11(10)14/h3-5,7,17H,15H2,1-2H3. The highest BCUT2D eigenvalue weighted by Crippen LogP contribution is 2.27. The molecule has 0 aliphatic heterocycles. The van der Waals surface area contributed by atoms with E-state index in [0.29, 0.717) is 5.01 Å². The molecule has 0 aliphatic carbocycles. The van der Waals surface area contributed by atoms with E-state index >= 15 is 0 Å². The molecule has 3 N–H and O–H groups in total. The Kier molecular flexibility index (Phi) is 4.52. The van der Waals surface area contributed by atoms with Gasteiger partial charge < -0.3 is 5.73 Å². The number of thiazole rings is 1. The van der Waals surface area contributed by atoms with Gasteiger partial charge in [-0.05, 0) is 26.0 Å². The highest BCUT2D eigenvalue weighted by atomic mass is 35.5. The maximum absolute atomic E-state index is 13.9. The van der Waals surface area contributed by atoms with Gasteiger partial charge in [0.05, 0.1) is 11.7 Å². The predicted molar refractivity (Wildman–Crippen MR) is 81.4 cm³/mol. The monoisotopic (exact) mass is 349 g/mol. The van der Waals surface area contributed by atoms with Crippen molar-refractivity contribution in [2.24, 2.45) is 0 Å². The molecule has 21 heavy (non-hydrogen) atoms. The number of nitrogens with zero attached hydrogens (tertiary/aromatic N) is 1. The number of halogens is 2. The fourth-order valence-electron chi connectivity index (χ4n) is 1.70. The van der Waals surface area contributed by atoms with E-state index in [9.17, 15) is 12.8 Å². The number of hydrogen-bond donors (Lipinski definition) is 2. The van der Waals surface area contributed by atoms with Crippen molar-refractivity contribution in [2.45, 2.75) is 24.8 Å². The summed E-state index contributed by atoms with van der Waals surface area (Å²) in [5.41, 5.74) is 5.08. The molecule has 1 aromatic carbocycles. The fraction of sp³-hybridized carbons (Fsp3) is 0.250. The van der Waals surface area contributed by atoms with Gasteiger partial charge in [-0.25, -0.2) is 22.5 Å². The Morgan fingerprint density at radius 2 is 2.14 bits per heavy atom. The normalized spacial score (nSPS) is 13.3. The van der Waals surface area contributed by atoms with Gasteiger partial charge in [-0.1, -0.05) is 11.6 Å². The van der Waals surface area contributed by atoms with Crippen molar-refractivity contribution in [1.82, 2.24) is 9.71 Å². The first kappa shape index (κ1) is 16.2. The number of benzene rings is 1. The average molecular weight is 350 g/mol. The van der Waals surface area contributed by atoms with Crippen LogP contribution in [0.15, 0.2) is 23.2 Å². The van der Waals surface area contributed by atoms with Gasteiger partial charge in [0.1, 0.15) is 9.90 Å². The van der Waals surface area contributed by atoms with E-state index in [-0.39, 0.29) is 10.7 Å². The van der Waals surface area contributed by atoms with E-state index in [1.54, 1.807) is 13.1 Å². The second-order valence-electron chi connectivity index (χ2n) is 4.46. The summed E-state index contributed by atoms with van der Waals surface area (Å²) in [5.74, 6) is -1.02. The molecule has 2 aromatic rings. The Morgan fingerprint density at radius 1 is 1.48 bits per heavy atom. The molecule has 0 fully saturated rings. The summed E-state index contributed by atoms with van der Waals surface area (Å²) in [7, 11) is -4.10. The molecule has 0 spiro atoms. The summed E-state index contributed by atoms with van der Waals surface area (Å²) in [6, 6.07) is 1.59. The highest BCUT2D eigenvalue weighted by Gasteiger charge is 2.25. The van der Waals surface area contributed by atoms with Crippen molar-refractivity contribution in [3.63, 3.8) is 0 Å². The number of rotatable bonds is 4. The van der Waals surface area contributed by atoms with Crippen LogP contribution in [0.4, 0.5) is 10.1 Å². The minimum absolute atomic E-state index is 0.0482. The third-order valence-corrected chi connectivity index (χ3v) is 5.52. The van der Waals surface area contributed by atoms with E-state index < -0.39 is 26.8 Å². The molecule has 1 atom stereocenters. The van der Waals surface area contributed by atoms with Gasteiger partial charge in [-0.15, -0.1) is 11.3 Å². The van der Waals surface area contributed by atoms with E-state index in [1.165, 1.54) is 11.3 Å². The van der Waals surface area contributed by atoms with Crippen molar-refractivity contribution in [1.29, 1.82) is 0 Å². The Bertz CT molecular complexity index is 777. The topological polar surface area (TPSA) is 85.1 Å². The number of aryl methyl sites for hydroxylation is 1. The Labute approximate surface area is 131 Å². The first-order chi connectivity index (χ1) is 9.70. The van der Waals surface area contributed by atoms with E-state index in [2.05, 4.69) is 9.71 Å². The molecule has 1 unspecified atom stereocenters. The molecule has 0 bridgehead atoms. The number of nitrogens with two attached hydrogens (primary N) is 1. The maximum atomic E-state index is 13.9. The van der Waals surface area contributed by atoms with Crippen LogP contribution < -0.4 is 10.5 Å². The van der Waals surface area contributed by atoms with Crippen LogP contribution in [0.2, 0.25) is 5.02 Å². The van der Waals surface area contributed by atoms with E-state index in [4.69, 9.17) is 17.3 Å². The SMILES string of the molecule is Cc1cnc(C(C)NS(=O)(=O)c2cc(Cl)cc(N)c2F)s1. The summed E-state index contributed by atoms with van der Waals surface area (Å²) in [4.78, 5) is 4.47. The van der Waals surface area contributed by atoms with Crippen molar-refractivity contribution in [3.8, 4) is 0 Å². The lowest BCUT2D eigenvalue weighted by atomic mass is 10.3. The van der Waals surface area contributed by atoms with Crippen molar-refractivity contribution < 1.29 is 12.8 Å². The van der Waals surface area contributed by atoms with Crippen LogP contribution in [-0.4, -0.2) is 13.4 Å². The maximum Gasteiger partial charge on any atom is 0.244 e. The molecular weight excluding hydrogens is 337 g/mol. The number of anilines is 1. The molecular formula is C12H13ClFN3O2S2. The van der Waals surface area contributed by atoms with Crippen molar-refractivity contribution in [3.05, 3.63) is 39.1 Å². The van der Waals surface area contributed by atoms with Crippen molar-refractivity contribution in [2.75, 3.05) is 5.73 Å². The predicted octanol–water partition coefficient (Wildman–Crippen LogP) is 2.87. The quantitative estimate of drug-likeness (QED) is 0.831. The average Bonchev–Trinajstić information content (AvgIpc) is 2.80. The van der Waals surface area contributed by atoms with Crippen LogP contribution in [0, 0.1) is 12.7 Å². The van der Waals surface area contributed by atoms with Gasteiger partial charge in [0, 0.05) is 16.1 Å². The zero-order valence-corrected chi connectivity index (χ0v) is 13.6. The van der Waals surface area contributed by atoms with Gasteiger partial charge in [-0.3, -0.25) is 0 Å². The van der Waals surface area contributed by atoms with Crippen LogP contribution in [0.25, 0.3) is 0 Å². The first-order valence-electron chi connectivity index (χ1n) is 5.90. The van der Waals surface area contributed by atoms with Gasteiger partial charge >= 0.3 is 0 Å². The lowest BCUT2D eigenvalue weighted by molar-refractivity contribution is 0.548. The van der Waals surface area contributed by atoms with Crippen LogP contribution in [0.1, 0.15) is 22.9 Å². The molecule has 1 aromatic heterocycles. The molecule has 114 valence electrons. The molecule has 0 saturated carbocycles. The summed E-state index contributed by atoms with van der Waals surface area (Å²) < 4.78 is 40.8. The Morgan fingerprint density at radius 3 is 2.71 bits per heavy atom. The molecule has 1 heterocycles. The minimum atomic E-state index is -4.10. The second-order valence-corrected chi connectivity index (χ2v) is 7.84. The second kappa shape index (κ2) is 5.88. The molecule has 5 nitrogen and oxygen atoms in total. The summed E-state index contributed by atoms with van der Waals surface area (Å²) >= 11 is 7.10. The number of hydrogen-bond acceptors (Lipinski definition) is 5. The largest absolute Gasteiger partial charge is 0.396 e. The van der Waals surface area contributed by atoms with Gasteiger partial charge in [0.2, 0.25) is 10.0 Å². The molecule has 0 amide bonds. The number of nitrogen functional groups attached to an aromatic ring is 1. The highest BCUT2D eigenvalue weighted by molar-refractivity contribution is 7.89. The third-order valence-electron chi connectivity index (χ3n) is 2.66. The lowest BCUT2D eigenvalue weighted by Crippen LogP contribution is -2.27. The minimum Gasteiger partial charge on any atom is -0.396 e. The van der Waals surface area contributed by atoms with Crippen LogP contribution >= 0.6 is 22.9 Å². The fourth-order valence-corrected chi connectivity index (χ4v) is 4.18.